The van der Waals surface area contributed by atoms with Crippen LogP contribution in [0.4, 0.5) is 0 Å². The lowest BCUT2D eigenvalue weighted by molar-refractivity contribution is 0.0775. The van der Waals surface area contributed by atoms with E-state index in [1.54, 1.807) is 7.05 Å². The first-order valence-corrected chi connectivity index (χ1v) is 9.34. The number of rotatable bonds is 5. The zero-order valence-corrected chi connectivity index (χ0v) is 14.9. The van der Waals surface area contributed by atoms with Crippen LogP contribution in [0, 0.1) is 5.92 Å². The Hall–Kier alpha value is -0.490. The highest BCUT2D eigenvalue weighted by atomic mass is 35.7. The zero-order valence-electron chi connectivity index (χ0n) is 11.9. The standard InChI is InChI=1S/C13H16Cl3NO3S/c1-4-8(2)7-17(3)13(18)11-9(14)5-6-10(12(11)15)21(16,19)20/h5-6,8H,4,7H2,1-3H3. The lowest BCUT2D eigenvalue weighted by atomic mass is 10.1. The molecule has 0 aromatic heterocycles. The molecule has 0 aliphatic rings. The number of carbonyl (C=O) groups excluding carboxylic acids is 1. The molecule has 0 heterocycles. The van der Waals surface area contributed by atoms with Gasteiger partial charge in [-0.05, 0) is 18.1 Å². The normalized spacial score (nSPS) is 13.0. The van der Waals surface area contributed by atoms with E-state index in [-0.39, 0.29) is 20.5 Å². The van der Waals surface area contributed by atoms with Crippen molar-refractivity contribution in [3.05, 3.63) is 27.7 Å². The summed E-state index contributed by atoms with van der Waals surface area (Å²) in [6.07, 6.45) is 0.912. The predicted octanol–water partition coefficient (Wildman–Crippen LogP) is 4.04. The molecule has 1 aromatic rings. The Morgan fingerprint density at radius 3 is 2.38 bits per heavy atom. The Kier molecular flexibility index (Phi) is 6.35. The maximum atomic E-state index is 12.4. The summed E-state index contributed by atoms with van der Waals surface area (Å²) < 4.78 is 22.9. The average molecular weight is 373 g/mol. The molecule has 1 unspecified atom stereocenters. The molecule has 1 aromatic carbocycles. The number of carbonyl (C=O) groups is 1. The number of benzene rings is 1. The van der Waals surface area contributed by atoms with Gasteiger partial charge in [0.2, 0.25) is 0 Å². The Labute approximate surface area is 139 Å². The first kappa shape index (κ1) is 18.6. The van der Waals surface area contributed by atoms with Gasteiger partial charge in [-0.3, -0.25) is 4.79 Å². The average Bonchev–Trinajstić information content (AvgIpc) is 2.36. The minimum absolute atomic E-state index is 0.0501. The predicted molar refractivity (Wildman–Crippen MR) is 85.9 cm³/mol. The molecule has 1 amide bonds. The quantitative estimate of drug-likeness (QED) is 0.733. The van der Waals surface area contributed by atoms with Crippen LogP contribution in [-0.4, -0.2) is 32.8 Å². The van der Waals surface area contributed by atoms with Crippen LogP contribution >= 0.6 is 33.9 Å². The highest BCUT2D eigenvalue weighted by molar-refractivity contribution is 8.13. The molecule has 1 atom stereocenters. The molecule has 0 fully saturated rings. The van der Waals surface area contributed by atoms with E-state index in [0.717, 1.165) is 6.42 Å². The van der Waals surface area contributed by atoms with E-state index in [1.807, 2.05) is 13.8 Å². The van der Waals surface area contributed by atoms with Crippen LogP contribution < -0.4 is 0 Å². The third-order valence-corrected chi connectivity index (χ3v) is 5.35. The Morgan fingerprint density at radius 2 is 1.90 bits per heavy atom. The molecule has 0 radical (unpaired) electrons. The monoisotopic (exact) mass is 371 g/mol. The van der Waals surface area contributed by atoms with Crippen molar-refractivity contribution >= 4 is 48.8 Å². The van der Waals surface area contributed by atoms with Crippen molar-refractivity contribution in [2.45, 2.75) is 25.2 Å². The third kappa shape index (κ3) is 4.49. The minimum Gasteiger partial charge on any atom is -0.341 e. The van der Waals surface area contributed by atoms with Crippen molar-refractivity contribution in [2.75, 3.05) is 13.6 Å². The van der Waals surface area contributed by atoms with E-state index in [1.165, 1.54) is 17.0 Å². The maximum absolute atomic E-state index is 12.4. The Balaban J connectivity index is 3.27. The van der Waals surface area contributed by atoms with Crippen molar-refractivity contribution in [3.8, 4) is 0 Å². The molecule has 118 valence electrons. The second-order valence-electron chi connectivity index (χ2n) is 4.87. The van der Waals surface area contributed by atoms with Crippen molar-refractivity contribution in [3.63, 3.8) is 0 Å². The highest BCUT2D eigenvalue weighted by Gasteiger charge is 2.25. The lowest BCUT2D eigenvalue weighted by Gasteiger charge is -2.22. The second kappa shape index (κ2) is 7.18. The molecular weight excluding hydrogens is 357 g/mol. The van der Waals surface area contributed by atoms with Gasteiger partial charge >= 0.3 is 0 Å². The topological polar surface area (TPSA) is 54.5 Å². The van der Waals surface area contributed by atoms with E-state index in [9.17, 15) is 13.2 Å². The van der Waals surface area contributed by atoms with E-state index in [4.69, 9.17) is 33.9 Å². The van der Waals surface area contributed by atoms with Gasteiger partial charge in [-0.15, -0.1) is 0 Å². The fourth-order valence-corrected chi connectivity index (χ4v) is 3.68. The third-order valence-electron chi connectivity index (χ3n) is 3.16. The van der Waals surface area contributed by atoms with Crippen LogP contribution in [0.15, 0.2) is 17.0 Å². The molecule has 0 aliphatic carbocycles. The molecule has 0 saturated heterocycles. The molecule has 21 heavy (non-hydrogen) atoms. The van der Waals surface area contributed by atoms with Gasteiger partial charge in [0.25, 0.3) is 15.0 Å². The smallest absolute Gasteiger partial charge is 0.262 e. The molecule has 4 nitrogen and oxygen atoms in total. The number of nitrogens with zero attached hydrogens (tertiary/aromatic N) is 1. The maximum Gasteiger partial charge on any atom is 0.262 e. The minimum atomic E-state index is -4.05. The van der Waals surface area contributed by atoms with Crippen molar-refractivity contribution in [1.82, 2.24) is 4.90 Å². The summed E-state index contributed by atoms with van der Waals surface area (Å²) in [6.45, 7) is 4.54. The van der Waals surface area contributed by atoms with E-state index >= 15 is 0 Å². The second-order valence-corrected chi connectivity index (χ2v) is 8.19. The van der Waals surface area contributed by atoms with E-state index in [0.29, 0.717) is 12.5 Å². The van der Waals surface area contributed by atoms with Crippen molar-refractivity contribution in [1.29, 1.82) is 0 Å². The molecule has 0 bridgehead atoms. The molecule has 1 rings (SSSR count). The number of hydrogen-bond donors (Lipinski definition) is 0. The summed E-state index contributed by atoms with van der Waals surface area (Å²) in [5.74, 6) is -0.135. The first-order chi connectivity index (χ1) is 9.59. The van der Waals surface area contributed by atoms with Crippen LogP contribution in [0.1, 0.15) is 30.6 Å². The number of halogens is 3. The summed E-state index contributed by atoms with van der Waals surface area (Å²) in [6, 6.07) is 2.48. The van der Waals surface area contributed by atoms with Gasteiger partial charge in [0.05, 0.1) is 15.6 Å². The van der Waals surface area contributed by atoms with Gasteiger partial charge in [-0.1, -0.05) is 43.5 Å². The molecule has 0 spiro atoms. The van der Waals surface area contributed by atoms with Crippen LogP contribution in [0.3, 0.4) is 0 Å². The summed E-state index contributed by atoms with van der Waals surface area (Å²) in [5.41, 5.74) is -0.0501. The van der Waals surface area contributed by atoms with E-state index < -0.39 is 15.0 Å². The zero-order chi connectivity index (χ0) is 16.4. The number of hydrogen-bond acceptors (Lipinski definition) is 3. The van der Waals surface area contributed by atoms with Gasteiger partial charge < -0.3 is 4.90 Å². The largest absolute Gasteiger partial charge is 0.341 e. The van der Waals surface area contributed by atoms with E-state index in [2.05, 4.69) is 0 Å². The van der Waals surface area contributed by atoms with Gasteiger partial charge in [-0.25, -0.2) is 8.42 Å². The molecule has 0 aliphatic heterocycles. The first-order valence-electron chi connectivity index (χ1n) is 6.27. The van der Waals surface area contributed by atoms with Crippen LogP contribution in [0.2, 0.25) is 10.0 Å². The van der Waals surface area contributed by atoms with Crippen molar-refractivity contribution < 1.29 is 13.2 Å². The van der Waals surface area contributed by atoms with Gasteiger partial charge in [-0.2, -0.15) is 0 Å². The molecule has 0 saturated carbocycles. The summed E-state index contributed by atoms with van der Waals surface area (Å²) >= 11 is 12.0. The molecule has 8 heteroatoms. The SMILES string of the molecule is CCC(C)CN(C)C(=O)c1c(Cl)ccc(S(=O)(=O)Cl)c1Cl. The number of amides is 1. The Morgan fingerprint density at radius 1 is 1.33 bits per heavy atom. The highest BCUT2D eigenvalue weighted by Crippen LogP contribution is 2.33. The van der Waals surface area contributed by atoms with Crippen LogP contribution in [0.25, 0.3) is 0 Å². The molecular formula is C13H16Cl3NO3S. The molecule has 0 N–H and O–H groups in total. The van der Waals surface area contributed by atoms with Gasteiger partial charge in [0.15, 0.2) is 0 Å². The Bertz CT molecular complexity index is 646. The van der Waals surface area contributed by atoms with Gasteiger partial charge in [0.1, 0.15) is 4.90 Å². The lowest BCUT2D eigenvalue weighted by Crippen LogP contribution is -2.31. The van der Waals surface area contributed by atoms with Crippen molar-refractivity contribution in [2.24, 2.45) is 5.92 Å². The summed E-state index contributed by atoms with van der Waals surface area (Å²) in [5, 5.41) is -0.163. The fourth-order valence-electron chi connectivity index (χ4n) is 1.79. The van der Waals surface area contributed by atoms with Crippen LogP contribution in [-0.2, 0) is 9.05 Å². The summed E-state index contributed by atoms with van der Waals surface area (Å²) in [7, 11) is 2.86. The summed E-state index contributed by atoms with van der Waals surface area (Å²) in [4.78, 5) is 13.6. The van der Waals surface area contributed by atoms with Crippen LogP contribution in [0.5, 0.6) is 0 Å². The van der Waals surface area contributed by atoms with Gasteiger partial charge in [0, 0.05) is 24.3 Å². The fraction of sp³-hybridized carbons (Fsp3) is 0.462.